The second-order valence-corrected chi connectivity index (χ2v) is 7.17. The van der Waals surface area contributed by atoms with Crippen LogP contribution in [0.4, 0.5) is 18.9 Å². The summed E-state index contributed by atoms with van der Waals surface area (Å²) >= 11 is 0. The Hall–Kier alpha value is -2.35. The van der Waals surface area contributed by atoms with Gasteiger partial charge in [-0.25, -0.2) is 0 Å². The van der Waals surface area contributed by atoms with Crippen molar-refractivity contribution in [2.45, 2.75) is 19.3 Å². The summed E-state index contributed by atoms with van der Waals surface area (Å²) in [5.74, 6) is 0.531. The minimum absolute atomic E-state index is 0. The summed E-state index contributed by atoms with van der Waals surface area (Å²) in [4.78, 5) is 20.4. The van der Waals surface area contributed by atoms with E-state index in [0.29, 0.717) is 31.2 Å². The number of nitrogens with zero attached hydrogens (tertiary/aromatic N) is 5. The molecule has 0 aliphatic carbocycles. The number of hydrogen-bond donors (Lipinski definition) is 1. The first kappa shape index (κ1) is 25.9. The number of carbonyl (C=O) groups is 1. The third-order valence-corrected chi connectivity index (χ3v) is 4.71. The minimum Gasteiger partial charge on any atom is -0.367 e. The number of piperazine rings is 1. The molecule has 8 nitrogen and oxygen atoms in total. The van der Waals surface area contributed by atoms with Gasteiger partial charge in [0, 0.05) is 39.9 Å². The van der Waals surface area contributed by atoms with E-state index in [2.05, 4.69) is 15.4 Å². The number of halogens is 4. The molecule has 32 heavy (non-hydrogen) atoms. The lowest BCUT2D eigenvalue weighted by atomic mass is 10.1. The number of nitrogens with one attached hydrogen (secondary N) is 1. The summed E-state index contributed by atoms with van der Waals surface area (Å²) < 4.78 is 43.1. The SMILES string of the molecule is CN=C(NCc1cccc(COCC(F)(F)F)c1)N1CCN(c2cnn(C)c2)C(=O)C1.I. The number of alkyl halides is 3. The molecule has 1 saturated heterocycles. The number of aromatic nitrogens is 2. The third kappa shape index (κ3) is 7.36. The van der Waals surface area contributed by atoms with E-state index in [-0.39, 0.29) is 43.0 Å². The van der Waals surface area contributed by atoms with E-state index in [1.165, 1.54) is 0 Å². The number of aliphatic imine (C=N–C) groups is 1. The van der Waals surface area contributed by atoms with E-state index < -0.39 is 12.8 Å². The lowest BCUT2D eigenvalue weighted by Crippen LogP contribution is -2.55. The Bertz CT molecular complexity index is 934. The zero-order valence-corrected chi connectivity index (χ0v) is 20.1. The summed E-state index contributed by atoms with van der Waals surface area (Å²) in [5.41, 5.74) is 2.29. The van der Waals surface area contributed by atoms with Gasteiger partial charge in [0.2, 0.25) is 5.91 Å². The quantitative estimate of drug-likeness (QED) is 0.331. The fraction of sp³-hybridized carbons (Fsp3) is 0.450. The first-order valence-electron chi connectivity index (χ1n) is 9.72. The van der Waals surface area contributed by atoms with Gasteiger partial charge in [-0.1, -0.05) is 24.3 Å². The normalized spacial score (nSPS) is 15.0. The van der Waals surface area contributed by atoms with Crippen molar-refractivity contribution in [3.05, 3.63) is 47.8 Å². The Kier molecular flexibility index (Phi) is 9.31. The second-order valence-electron chi connectivity index (χ2n) is 7.17. The van der Waals surface area contributed by atoms with Crippen LogP contribution in [0.15, 0.2) is 41.7 Å². The van der Waals surface area contributed by atoms with Crippen molar-refractivity contribution in [2.75, 3.05) is 38.2 Å². The Balaban J connectivity index is 0.00000363. The molecule has 1 aromatic heterocycles. The van der Waals surface area contributed by atoms with Gasteiger partial charge in [0.15, 0.2) is 5.96 Å². The van der Waals surface area contributed by atoms with Gasteiger partial charge in [0.25, 0.3) is 0 Å². The number of rotatable bonds is 6. The van der Waals surface area contributed by atoms with E-state index in [0.717, 1.165) is 11.3 Å². The van der Waals surface area contributed by atoms with Gasteiger partial charge in [-0.2, -0.15) is 18.3 Å². The van der Waals surface area contributed by atoms with Crippen molar-refractivity contribution in [1.29, 1.82) is 0 Å². The van der Waals surface area contributed by atoms with Gasteiger partial charge < -0.3 is 19.9 Å². The summed E-state index contributed by atoms with van der Waals surface area (Å²) in [6.07, 6.45) is -0.887. The number of guanidine groups is 1. The molecule has 2 heterocycles. The summed E-state index contributed by atoms with van der Waals surface area (Å²) in [6, 6.07) is 7.12. The van der Waals surface area contributed by atoms with E-state index in [4.69, 9.17) is 4.74 Å². The molecular weight excluding hydrogens is 540 g/mol. The number of carbonyl (C=O) groups excluding carboxylic acids is 1. The van der Waals surface area contributed by atoms with Gasteiger partial charge in [-0.3, -0.25) is 14.5 Å². The molecule has 0 saturated carbocycles. The summed E-state index contributed by atoms with van der Waals surface area (Å²) in [5, 5.41) is 7.32. The summed E-state index contributed by atoms with van der Waals surface area (Å²) in [7, 11) is 3.44. The highest BCUT2D eigenvalue weighted by atomic mass is 127. The molecule has 3 rings (SSSR count). The zero-order valence-electron chi connectivity index (χ0n) is 17.8. The van der Waals surface area contributed by atoms with Crippen LogP contribution < -0.4 is 10.2 Å². The van der Waals surface area contributed by atoms with Crippen LogP contribution in [0.1, 0.15) is 11.1 Å². The Morgan fingerprint density at radius 3 is 2.66 bits per heavy atom. The van der Waals surface area contributed by atoms with Crippen LogP contribution in [0.25, 0.3) is 0 Å². The summed E-state index contributed by atoms with van der Waals surface area (Å²) in [6.45, 7) is 0.313. The van der Waals surface area contributed by atoms with E-state index >= 15 is 0 Å². The predicted octanol–water partition coefficient (Wildman–Crippen LogP) is 2.54. The Morgan fingerprint density at radius 2 is 2.03 bits per heavy atom. The molecule has 2 aromatic rings. The molecule has 0 atom stereocenters. The lowest BCUT2D eigenvalue weighted by Gasteiger charge is -2.35. The fourth-order valence-electron chi connectivity index (χ4n) is 3.30. The molecule has 1 aromatic carbocycles. The van der Waals surface area contributed by atoms with Crippen LogP contribution in [-0.4, -0.2) is 66.0 Å². The third-order valence-electron chi connectivity index (χ3n) is 4.71. The Labute approximate surface area is 201 Å². The highest BCUT2D eigenvalue weighted by Crippen LogP contribution is 2.17. The van der Waals surface area contributed by atoms with E-state index in [9.17, 15) is 18.0 Å². The van der Waals surface area contributed by atoms with Gasteiger partial charge in [-0.05, 0) is 11.1 Å². The number of aryl methyl sites for hydroxylation is 1. The number of ether oxygens (including phenoxy) is 1. The van der Waals surface area contributed by atoms with Gasteiger partial charge >= 0.3 is 6.18 Å². The van der Waals surface area contributed by atoms with Crippen molar-refractivity contribution in [3.63, 3.8) is 0 Å². The minimum atomic E-state index is -4.34. The smallest absolute Gasteiger partial charge is 0.367 e. The van der Waals surface area contributed by atoms with Crippen LogP contribution in [-0.2, 0) is 29.7 Å². The first-order chi connectivity index (χ1) is 14.7. The number of hydrogen-bond acceptors (Lipinski definition) is 4. The topological polar surface area (TPSA) is 75.0 Å². The van der Waals surface area contributed by atoms with Gasteiger partial charge in [0.05, 0.1) is 18.5 Å². The van der Waals surface area contributed by atoms with Crippen molar-refractivity contribution in [2.24, 2.45) is 12.0 Å². The van der Waals surface area contributed by atoms with Gasteiger partial charge in [0.1, 0.15) is 13.2 Å². The predicted molar refractivity (Wildman–Crippen MR) is 125 cm³/mol. The number of amides is 1. The van der Waals surface area contributed by atoms with E-state index in [1.807, 2.05) is 11.0 Å². The molecule has 0 bridgehead atoms. The molecule has 1 aliphatic rings. The highest BCUT2D eigenvalue weighted by molar-refractivity contribution is 14.0. The zero-order chi connectivity index (χ0) is 22.4. The molecule has 1 fully saturated rings. The molecule has 1 N–H and O–H groups in total. The molecular formula is C20H26F3IN6O2. The van der Waals surface area contributed by atoms with Crippen molar-refractivity contribution in [3.8, 4) is 0 Å². The maximum absolute atomic E-state index is 12.6. The highest BCUT2D eigenvalue weighted by Gasteiger charge is 2.28. The van der Waals surface area contributed by atoms with Crippen molar-refractivity contribution < 1.29 is 22.7 Å². The van der Waals surface area contributed by atoms with Crippen LogP contribution in [0.3, 0.4) is 0 Å². The van der Waals surface area contributed by atoms with Crippen LogP contribution in [0, 0.1) is 0 Å². The second kappa shape index (κ2) is 11.5. The molecule has 0 unspecified atom stereocenters. The molecule has 12 heteroatoms. The molecule has 1 amide bonds. The number of benzene rings is 1. The maximum atomic E-state index is 12.6. The standard InChI is InChI=1S/C20H25F3N6O2.HI/c1-24-19(28-6-7-29(18(30)12-28)17-10-26-27(2)11-17)25-9-15-4-3-5-16(8-15)13-31-14-20(21,22)23;/h3-5,8,10-11H,6-7,9,12-14H2,1-2H3,(H,24,25);1H. The monoisotopic (exact) mass is 566 g/mol. The van der Waals surface area contributed by atoms with Crippen LogP contribution in [0.5, 0.6) is 0 Å². The molecule has 176 valence electrons. The van der Waals surface area contributed by atoms with Crippen molar-refractivity contribution in [1.82, 2.24) is 20.0 Å². The first-order valence-corrected chi connectivity index (χ1v) is 9.72. The average Bonchev–Trinajstić information content (AvgIpc) is 3.14. The van der Waals surface area contributed by atoms with E-state index in [1.54, 1.807) is 54.3 Å². The fourth-order valence-corrected chi connectivity index (χ4v) is 3.30. The van der Waals surface area contributed by atoms with Crippen LogP contribution in [0.2, 0.25) is 0 Å². The molecule has 0 radical (unpaired) electrons. The number of anilines is 1. The molecule has 0 spiro atoms. The maximum Gasteiger partial charge on any atom is 0.411 e. The van der Waals surface area contributed by atoms with Crippen molar-refractivity contribution >= 4 is 41.5 Å². The van der Waals surface area contributed by atoms with Gasteiger partial charge in [-0.15, -0.1) is 24.0 Å². The molecule has 1 aliphatic heterocycles. The largest absolute Gasteiger partial charge is 0.411 e. The Morgan fingerprint density at radius 1 is 1.28 bits per heavy atom. The van der Waals surface area contributed by atoms with Crippen LogP contribution >= 0.6 is 24.0 Å². The average molecular weight is 566 g/mol. The lowest BCUT2D eigenvalue weighted by molar-refractivity contribution is -0.176.